The largest absolute Gasteiger partial charge is 0.317 e. The molecule has 0 fully saturated rings. The van der Waals surface area contributed by atoms with Gasteiger partial charge in [0.1, 0.15) is 5.69 Å². The molecule has 9 heteroatoms. The van der Waals surface area contributed by atoms with Crippen molar-refractivity contribution in [2.24, 2.45) is 0 Å². The van der Waals surface area contributed by atoms with Gasteiger partial charge in [-0.15, -0.1) is 0 Å². The average molecular weight is 305 g/mol. The summed E-state index contributed by atoms with van der Waals surface area (Å²) in [4.78, 5) is 11.9. The fraction of sp³-hybridized carbons (Fsp3) is 0.167. The Morgan fingerprint density at radius 3 is 1.86 bits per heavy atom. The lowest BCUT2D eigenvalue weighted by atomic mass is 10.1. The molecule has 0 atom stereocenters. The van der Waals surface area contributed by atoms with Crippen molar-refractivity contribution >= 4 is 11.6 Å². The molecule has 1 aromatic carbocycles. The van der Waals surface area contributed by atoms with Crippen LogP contribution in [-0.4, -0.2) is 16.1 Å². The Morgan fingerprint density at radius 2 is 1.43 bits per heavy atom. The van der Waals surface area contributed by atoms with Crippen molar-refractivity contribution in [1.82, 2.24) is 10.2 Å². The first-order chi connectivity index (χ1) is 9.75. The summed E-state index contributed by atoms with van der Waals surface area (Å²) in [6, 6.07) is 0. The summed E-state index contributed by atoms with van der Waals surface area (Å²) < 4.78 is 65.8. The van der Waals surface area contributed by atoms with E-state index in [4.69, 9.17) is 0 Å². The van der Waals surface area contributed by atoms with Crippen molar-refractivity contribution in [3.63, 3.8) is 0 Å². The molecule has 21 heavy (non-hydrogen) atoms. The number of nitrogens with one attached hydrogen (secondary N) is 2. The first kappa shape index (κ1) is 14.9. The van der Waals surface area contributed by atoms with Crippen LogP contribution in [0.2, 0.25) is 0 Å². The first-order valence-electron chi connectivity index (χ1n) is 5.60. The Bertz CT molecular complexity index is 692. The highest BCUT2D eigenvalue weighted by atomic mass is 19.2. The number of aromatic amines is 1. The van der Waals surface area contributed by atoms with Gasteiger partial charge in [-0.3, -0.25) is 9.89 Å². The smallest absolute Gasteiger partial charge is 0.259 e. The van der Waals surface area contributed by atoms with Gasteiger partial charge in [-0.05, 0) is 13.8 Å². The molecule has 4 nitrogen and oxygen atoms in total. The molecule has 2 rings (SSSR count). The second-order valence-electron chi connectivity index (χ2n) is 4.21. The second-order valence-corrected chi connectivity index (χ2v) is 4.21. The maximum atomic E-state index is 13.4. The Balaban J connectivity index is 2.48. The van der Waals surface area contributed by atoms with Crippen LogP contribution in [0.3, 0.4) is 0 Å². The predicted octanol–water partition coefficient (Wildman–Crippen LogP) is 2.97. The molecule has 0 aliphatic rings. The second kappa shape index (κ2) is 5.15. The van der Waals surface area contributed by atoms with Crippen LogP contribution in [0.5, 0.6) is 0 Å². The molecule has 112 valence electrons. The zero-order valence-electron chi connectivity index (χ0n) is 10.7. The lowest BCUT2D eigenvalue weighted by Gasteiger charge is -2.09. The molecule has 0 radical (unpaired) electrons. The molecule has 0 saturated heterocycles. The molecule has 0 unspecified atom stereocenters. The fourth-order valence-corrected chi connectivity index (χ4v) is 1.78. The topological polar surface area (TPSA) is 57.8 Å². The molecule has 0 aliphatic heterocycles. The van der Waals surface area contributed by atoms with E-state index < -0.39 is 40.7 Å². The number of hydrogen-bond donors (Lipinski definition) is 2. The standard InChI is InChI=1S/C12H8F5N3O/c1-3-5(4(2)20-19-3)12(21)18-11-9(16)7(14)6(13)8(15)10(11)17/h1-2H3,(H,18,21)(H,19,20). The van der Waals surface area contributed by atoms with Gasteiger partial charge < -0.3 is 5.32 Å². The number of carbonyl (C=O) groups is 1. The number of aryl methyl sites for hydroxylation is 2. The van der Waals surface area contributed by atoms with Gasteiger partial charge in [-0.2, -0.15) is 5.10 Å². The van der Waals surface area contributed by atoms with Crippen LogP contribution in [0.25, 0.3) is 0 Å². The van der Waals surface area contributed by atoms with Crippen LogP contribution in [0.15, 0.2) is 0 Å². The summed E-state index contributed by atoms with van der Waals surface area (Å²) in [5, 5.41) is 7.83. The summed E-state index contributed by atoms with van der Waals surface area (Å²) >= 11 is 0. The zero-order valence-corrected chi connectivity index (χ0v) is 10.7. The number of H-pyrrole nitrogens is 1. The van der Waals surface area contributed by atoms with Crippen molar-refractivity contribution in [1.29, 1.82) is 0 Å². The molecule has 0 saturated carbocycles. The van der Waals surface area contributed by atoms with Crippen molar-refractivity contribution in [2.75, 3.05) is 5.32 Å². The highest BCUT2D eigenvalue weighted by Crippen LogP contribution is 2.27. The van der Waals surface area contributed by atoms with E-state index in [2.05, 4.69) is 10.2 Å². The van der Waals surface area contributed by atoms with Gasteiger partial charge in [0.2, 0.25) is 5.82 Å². The number of benzene rings is 1. The summed E-state index contributed by atoms with van der Waals surface area (Å²) in [5.41, 5.74) is -0.946. The Labute approximate surface area is 115 Å². The number of nitrogens with zero attached hydrogens (tertiary/aromatic N) is 1. The molecular weight excluding hydrogens is 297 g/mol. The number of rotatable bonds is 2. The lowest BCUT2D eigenvalue weighted by molar-refractivity contribution is 0.102. The highest BCUT2D eigenvalue weighted by Gasteiger charge is 2.28. The van der Waals surface area contributed by atoms with Crippen molar-refractivity contribution in [3.8, 4) is 0 Å². The van der Waals surface area contributed by atoms with E-state index in [-0.39, 0.29) is 17.0 Å². The highest BCUT2D eigenvalue weighted by molar-refractivity contribution is 6.05. The van der Waals surface area contributed by atoms with Crippen molar-refractivity contribution in [2.45, 2.75) is 13.8 Å². The fourth-order valence-electron chi connectivity index (χ4n) is 1.78. The normalized spacial score (nSPS) is 10.8. The van der Waals surface area contributed by atoms with E-state index in [1.54, 1.807) is 5.32 Å². The molecule has 1 heterocycles. The van der Waals surface area contributed by atoms with E-state index in [1.165, 1.54) is 13.8 Å². The molecule has 2 aromatic rings. The Morgan fingerprint density at radius 1 is 0.952 bits per heavy atom. The van der Waals surface area contributed by atoms with E-state index in [0.717, 1.165) is 0 Å². The van der Waals surface area contributed by atoms with E-state index in [9.17, 15) is 26.7 Å². The molecule has 0 bridgehead atoms. The monoisotopic (exact) mass is 305 g/mol. The van der Waals surface area contributed by atoms with Gasteiger partial charge in [0, 0.05) is 5.69 Å². The molecule has 1 aromatic heterocycles. The number of anilines is 1. The third-order valence-corrected chi connectivity index (χ3v) is 2.80. The van der Waals surface area contributed by atoms with Gasteiger partial charge in [-0.1, -0.05) is 0 Å². The first-order valence-corrected chi connectivity index (χ1v) is 5.60. The van der Waals surface area contributed by atoms with Crippen molar-refractivity contribution < 1.29 is 26.7 Å². The van der Waals surface area contributed by atoms with Crippen LogP contribution in [0.1, 0.15) is 21.7 Å². The van der Waals surface area contributed by atoms with Crippen LogP contribution < -0.4 is 5.32 Å². The summed E-state index contributed by atoms with van der Waals surface area (Å²) in [5.74, 6) is -11.8. The predicted molar refractivity (Wildman–Crippen MR) is 62.2 cm³/mol. The molecule has 1 amide bonds. The minimum atomic E-state index is -2.29. The maximum absolute atomic E-state index is 13.4. The summed E-state index contributed by atoms with van der Waals surface area (Å²) in [6.45, 7) is 2.91. The number of aromatic nitrogens is 2. The average Bonchev–Trinajstić information content (AvgIpc) is 2.78. The quantitative estimate of drug-likeness (QED) is 0.509. The Kier molecular flexibility index (Phi) is 3.67. The number of halogens is 5. The van der Waals surface area contributed by atoms with Crippen LogP contribution in [-0.2, 0) is 0 Å². The minimum absolute atomic E-state index is 0.0426. The maximum Gasteiger partial charge on any atom is 0.259 e. The van der Waals surface area contributed by atoms with Crippen LogP contribution in [0, 0.1) is 42.9 Å². The SMILES string of the molecule is Cc1n[nH]c(C)c1C(=O)Nc1c(F)c(F)c(F)c(F)c1F. The Hall–Kier alpha value is -2.45. The van der Waals surface area contributed by atoms with Crippen LogP contribution >= 0.6 is 0 Å². The lowest BCUT2D eigenvalue weighted by Crippen LogP contribution is -2.18. The molecule has 0 spiro atoms. The number of amides is 1. The number of carbonyl (C=O) groups excluding carboxylic acids is 1. The van der Waals surface area contributed by atoms with Gasteiger partial charge >= 0.3 is 0 Å². The van der Waals surface area contributed by atoms with E-state index in [0.29, 0.717) is 0 Å². The minimum Gasteiger partial charge on any atom is -0.317 e. The third-order valence-electron chi connectivity index (χ3n) is 2.80. The van der Waals surface area contributed by atoms with Crippen LogP contribution in [0.4, 0.5) is 27.6 Å². The zero-order chi connectivity index (χ0) is 15.9. The third kappa shape index (κ3) is 2.34. The van der Waals surface area contributed by atoms with Gasteiger partial charge in [-0.25, -0.2) is 22.0 Å². The summed E-state index contributed by atoms with van der Waals surface area (Å²) in [7, 11) is 0. The van der Waals surface area contributed by atoms with Crippen molar-refractivity contribution in [3.05, 3.63) is 46.0 Å². The van der Waals surface area contributed by atoms with Gasteiger partial charge in [0.25, 0.3) is 5.91 Å². The van der Waals surface area contributed by atoms with E-state index in [1.807, 2.05) is 0 Å². The number of hydrogen-bond acceptors (Lipinski definition) is 2. The summed E-state index contributed by atoms with van der Waals surface area (Å²) in [6.07, 6.45) is 0. The van der Waals surface area contributed by atoms with E-state index >= 15 is 0 Å². The molecule has 2 N–H and O–H groups in total. The molecular formula is C12H8F5N3O. The van der Waals surface area contributed by atoms with Gasteiger partial charge in [0.05, 0.1) is 11.3 Å². The molecule has 0 aliphatic carbocycles. The van der Waals surface area contributed by atoms with Gasteiger partial charge in [0.15, 0.2) is 23.3 Å².